The second-order valence-electron chi connectivity index (χ2n) is 7.62. The summed E-state index contributed by atoms with van der Waals surface area (Å²) in [5.74, 6) is -0.598. The third kappa shape index (κ3) is 6.01. The highest BCUT2D eigenvalue weighted by Gasteiger charge is 2.25. The Balaban J connectivity index is 1.85. The molecule has 0 unspecified atom stereocenters. The average molecular weight is 429 g/mol. The number of benzene rings is 2. The monoisotopic (exact) mass is 429 g/mol. The van der Waals surface area contributed by atoms with E-state index >= 15 is 0 Å². The Hall–Kier alpha value is -3.00. The van der Waals surface area contributed by atoms with Crippen molar-refractivity contribution >= 4 is 17.3 Å². The number of hydrogen-bond acceptors (Lipinski definition) is 5. The summed E-state index contributed by atoms with van der Waals surface area (Å²) in [6, 6.07) is 10.7. The highest BCUT2D eigenvalue weighted by Crippen LogP contribution is 2.30. The van der Waals surface area contributed by atoms with Crippen molar-refractivity contribution in [2.75, 3.05) is 37.7 Å². The van der Waals surface area contributed by atoms with Crippen LogP contribution in [0.15, 0.2) is 42.5 Å². The lowest BCUT2D eigenvalue weighted by Gasteiger charge is -2.29. The highest BCUT2D eigenvalue weighted by atomic mass is 19.1. The predicted octanol–water partition coefficient (Wildman–Crippen LogP) is 4.40. The van der Waals surface area contributed by atoms with Crippen LogP contribution in [0, 0.1) is 15.9 Å². The number of amides is 1. The van der Waals surface area contributed by atoms with Crippen LogP contribution in [0.4, 0.5) is 15.8 Å². The Morgan fingerprint density at radius 1 is 1.16 bits per heavy atom. The Kier molecular flexibility index (Phi) is 7.94. The number of ether oxygens (including phenoxy) is 1. The van der Waals surface area contributed by atoms with E-state index in [9.17, 15) is 19.3 Å². The summed E-state index contributed by atoms with van der Waals surface area (Å²) in [5, 5.41) is 11.7. The van der Waals surface area contributed by atoms with E-state index < -0.39 is 4.92 Å². The van der Waals surface area contributed by atoms with E-state index in [-0.39, 0.29) is 23.0 Å². The van der Waals surface area contributed by atoms with Gasteiger partial charge in [-0.1, -0.05) is 31.9 Å². The molecule has 1 aliphatic rings. The van der Waals surface area contributed by atoms with E-state index in [1.807, 2.05) is 4.90 Å². The van der Waals surface area contributed by atoms with Crippen LogP contribution in [0.5, 0.6) is 0 Å². The normalized spacial score (nSPS) is 13.8. The first kappa shape index (κ1) is 22.7. The summed E-state index contributed by atoms with van der Waals surface area (Å²) in [7, 11) is 0. The van der Waals surface area contributed by atoms with Gasteiger partial charge in [0.25, 0.3) is 11.6 Å². The molecule has 1 saturated heterocycles. The molecule has 166 valence electrons. The standard InChI is InChI=1S/C23H28FN3O4/c1-2-3-4-11-26(17-18-5-8-20(24)9-6-18)23(28)19-7-10-21(22(16-19)27(29)30)25-12-14-31-15-13-25/h5-10,16H,2-4,11-15,17H2,1H3. The molecule has 0 bridgehead atoms. The van der Waals surface area contributed by atoms with Crippen LogP contribution in [-0.2, 0) is 11.3 Å². The number of halogens is 1. The molecule has 1 amide bonds. The molecule has 2 aromatic carbocycles. The number of nitro groups is 1. The van der Waals surface area contributed by atoms with Crippen LogP contribution >= 0.6 is 0 Å². The Morgan fingerprint density at radius 3 is 2.52 bits per heavy atom. The predicted molar refractivity (Wildman–Crippen MR) is 117 cm³/mol. The highest BCUT2D eigenvalue weighted by molar-refractivity contribution is 5.95. The maximum Gasteiger partial charge on any atom is 0.293 e. The number of hydrogen-bond donors (Lipinski definition) is 0. The smallest absolute Gasteiger partial charge is 0.293 e. The van der Waals surface area contributed by atoms with Gasteiger partial charge in [-0.05, 0) is 36.2 Å². The number of carbonyl (C=O) groups excluding carboxylic acids is 1. The summed E-state index contributed by atoms with van der Waals surface area (Å²) < 4.78 is 18.6. The first-order valence-electron chi connectivity index (χ1n) is 10.6. The summed E-state index contributed by atoms with van der Waals surface area (Å²) >= 11 is 0. The third-order valence-corrected chi connectivity index (χ3v) is 5.38. The molecule has 0 N–H and O–H groups in total. The van der Waals surface area contributed by atoms with Gasteiger partial charge in [0.05, 0.1) is 18.1 Å². The van der Waals surface area contributed by atoms with E-state index in [2.05, 4.69) is 6.92 Å². The van der Waals surface area contributed by atoms with Crippen molar-refractivity contribution < 1.29 is 18.8 Å². The third-order valence-electron chi connectivity index (χ3n) is 5.38. The summed E-state index contributed by atoms with van der Waals surface area (Å²) in [6.45, 7) is 5.11. The van der Waals surface area contributed by atoms with Crippen LogP contribution in [0.3, 0.4) is 0 Å². The fourth-order valence-electron chi connectivity index (χ4n) is 3.67. The molecule has 0 radical (unpaired) electrons. The SMILES string of the molecule is CCCCCN(Cc1ccc(F)cc1)C(=O)c1ccc(N2CCOCC2)c([N+](=O)[O-])c1. The minimum Gasteiger partial charge on any atom is -0.378 e. The molecule has 0 aromatic heterocycles. The van der Waals surface area contributed by atoms with Gasteiger partial charge in [-0.3, -0.25) is 14.9 Å². The average Bonchev–Trinajstić information content (AvgIpc) is 2.79. The Labute approximate surface area is 181 Å². The van der Waals surface area contributed by atoms with E-state index in [4.69, 9.17) is 4.74 Å². The van der Waals surface area contributed by atoms with Crippen LogP contribution < -0.4 is 4.90 Å². The van der Waals surface area contributed by atoms with Crippen molar-refractivity contribution in [2.24, 2.45) is 0 Å². The van der Waals surface area contributed by atoms with Crippen LogP contribution in [0.25, 0.3) is 0 Å². The minimum absolute atomic E-state index is 0.0805. The number of unbranched alkanes of at least 4 members (excludes halogenated alkanes) is 2. The van der Waals surface area contributed by atoms with Crippen LogP contribution in [-0.4, -0.2) is 48.6 Å². The molecule has 3 rings (SSSR count). The molecular formula is C23H28FN3O4. The quantitative estimate of drug-likeness (QED) is 0.335. The molecule has 1 heterocycles. The van der Waals surface area contributed by atoms with E-state index in [1.54, 1.807) is 29.2 Å². The number of rotatable bonds is 9. The molecule has 7 nitrogen and oxygen atoms in total. The molecule has 0 atom stereocenters. The number of morpholine rings is 1. The van der Waals surface area contributed by atoms with Gasteiger partial charge in [-0.25, -0.2) is 4.39 Å². The molecule has 0 spiro atoms. The second-order valence-corrected chi connectivity index (χ2v) is 7.62. The van der Waals surface area contributed by atoms with E-state index in [1.165, 1.54) is 18.2 Å². The molecule has 0 saturated carbocycles. The number of nitrogens with zero attached hydrogens (tertiary/aromatic N) is 3. The lowest BCUT2D eigenvalue weighted by atomic mass is 10.1. The number of anilines is 1. The van der Waals surface area contributed by atoms with Gasteiger partial charge in [0.2, 0.25) is 0 Å². The van der Waals surface area contributed by atoms with Crippen molar-refractivity contribution in [1.29, 1.82) is 0 Å². The maximum absolute atomic E-state index is 13.3. The van der Waals surface area contributed by atoms with Gasteiger partial charge >= 0.3 is 0 Å². The van der Waals surface area contributed by atoms with E-state index in [0.717, 1.165) is 24.8 Å². The first-order chi connectivity index (χ1) is 15.0. The summed E-state index contributed by atoms with van der Waals surface area (Å²) in [5.41, 5.74) is 1.51. The molecule has 0 aliphatic carbocycles. The van der Waals surface area contributed by atoms with Gasteiger partial charge in [0, 0.05) is 37.8 Å². The van der Waals surface area contributed by atoms with Crippen LogP contribution in [0.1, 0.15) is 42.1 Å². The van der Waals surface area contributed by atoms with Gasteiger partial charge in [-0.2, -0.15) is 0 Å². The van der Waals surface area contributed by atoms with Gasteiger partial charge in [0.1, 0.15) is 11.5 Å². The van der Waals surface area contributed by atoms with Crippen molar-refractivity contribution in [1.82, 2.24) is 4.90 Å². The zero-order valence-electron chi connectivity index (χ0n) is 17.8. The van der Waals surface area contributed by atoms with Gasteiger partial charge < -0.3 is 14.5 Å². The lowest BCUT2D eigenvalue weighted by Crippen LogP contribution is -2.36. The Bertz CT molecular complexity index is 898. The molecular weight excluding hydrogens is 401 g/mol. The molecule has 31 heavy (non-hydrogen) atoms. The summed E-state index contributed by atoms with van der Waals surface area (Å²) in [4.78, 5) is 28.1. The lowest BCUT2D eigenvalue weighted by molar-refractivity contribution is -0.384. The van der Waals surface area contributed by atoms with Crippen molar-refractivity contribution in [3.05, 3.63) is 69.5 Å². The van der Waals surface area contributed by atoms with Crippen LogP contribution in [0.2, 0.25) is 0 Å². The largest absolute Gasteiger partial charge is 0.378 e. The molecule has 8 heteroatoms. The fourth-order valence-corrected chi connectivity index (χ4v) is 3.67. The van der Waals surface area contributed by atoms with Crippen molar-refractivity contribution in [2.45, 2.75) is 32.7 Å². The summed E-state index contributed by atoms with van der Waals surface area (Å²) in [6.07, 6.45) is 2.82. The van der Waals surface area contributed by atoms with Crippen molar-refractivity contribution in [3.8, 4) is 0 Å². The maximum atomic E-state index is 13.3. The van der Waals surface area contributed by atoms with Crippen molar-refractivity contribution in [3.63, 3.8) is 0 Å². The molecule has 1 fully saturated rings. The number of nitro benzene ring substituents is 1. The Morgan fingerprint density at radius 2 is 1.87 bits per heavy atom. The second kappa shape index (κ2) is 10.9. The zero-order chi connectivity index (χ0) is 22.2. The first-order valence-corrected chi connectivity index (χ1v) is 10.6. The molecule has 1 aliphatic heterocycles. The van der Waals surface area contributed by atoms with E-state index in [0.29, 0.717) is 45.1 Å². The minimum atomic E-state index is -0.441. The van der Waals surface area contributed by atoms with Gasteiger partial charge in [-0.15, -0.1) is 0 Å². The molecule has 2 aromatic rings. The number of carbonyl (C=O) groups is 1. The fraction of sp³-hybridized carbons (Fsp3) is 0.435. The topological polar surface area (TPSA) is 75.9 Å². The zero-order valence-corrected chi connectivity index (χ0v) is 17.8. The van der Waals surface area contributed by atoms with Gasteiger partial charge in [0.15, 0.2) is 0 Å².